The van der Waals surface area contributed by atoms with Crippen LogP contribution in [0.25, 0.3) is 0 Å². The molecule has 6 rings (SSSR count). The molecule has 5 unspecified atom stereocenters. The number of rotatable bonds is 1. The van der Waals surface area contributed by atoms with Crippen molar-refractivity contribution in [2.75, 3.05) is 13.2 Å². The molecule has 2 saturated carbocycles. The van der Waals surface area contributed by atoms with Crippen LogP contribution in [0.4, 0.5) is 0 Å². The Balaban J connectivity index is 1.51. The molecule has 1 heterocycles. The Morgan fingerprint density at radius 1 is 1.03 bits per heavy atom. The molecule has 4 heteroatoms. The zero-order valence-electron chi connectivity index (χ0n) is 17.7. The first-order valence-corrected chi connectivity index (χ1v) is 11.6. The van der Waals surface area contributed by atoms with E-state index in [-0.39, 0.29) is 23.2 Å². The number of carbonyl (C=O) groups excluding carboxylic acids is 1. The van der Waals surface area contributed by atoms with Gasteiger partial charge in [0.05, 0.1) is 6.10 Å². The third-order valence-electron chi connectivity index (χ3n) is 8.65. The van der Waals surface area contributed by atoms with Gasteiger partial charge in [-0.25, -0.2) is 0 Å². The van der Waals surface area contributed by atoms with E-state index < -0.39 is 0 Å². The largest absolute Gasteiger partial charge is 0.486 e. The smallest absolute Gasteiger partial charge is 0.161 e. The molecule has 1 N–H and O–H groups in total. The van der Waals surface area contributed by atoms with Crippen LogP contribution in [-0.4, -0.2) is 30.2 Å². The molecule has 0 saturated heterocycles. The molecular formula is C26H30O4. The predicted octanol–water partition coefficient (Wildman–Crippen LogP) is 4.72. The number of aliphatic hydroxyl groups excluding tert-OH is 1. The molecule has 5 atom stereocenters. The second-order valence-corrected chi connectivity index (χ2v) is 10.1. The average Bonchev–Trinajstić information content (AvgIpc) is 3.06. The zero-order valence-corrected chi connectivity index (χ0v) is 17.7. The van der Waals surface area contributed by atoms with Gasteiger partial charge in [-0.3, -0.25) is 4.79 Å². The number of benzene rings is 1. The molecule has 0 radical (unpaired) electrons. The van der Waals surface area contributed by atoms with Gasteiger partial charge in [-0.05, 0) is 90.7 Å². The van der Waals surface area contributed by atoms with Crippen molar-refractivity contribution >= 4 is 5.78 Å². The fourth-order valence-electron chi connectivity index (χ4n) is 7.21. The molecule has 1 aromatic carbocycles. The lowest BCUT2D eigenvalue weighted by atomic mass is 9.53. The molecule has 0 spiro atoms. The van der Waals surface area contributed by atoms with Gasteiger partial charge in [0.15, 0.2) is 17.3 Å². The van der Waals surface area contributed by atoms with Gasteiger partial charge in [0.1, 0.15) is 13.2 Å². The number of fused-ring (bicyclic) bond motifs is 5. The van der Waals surface area contributed by atoms with Crippen molar-refractivity contribution in [3.63, 3.8) is 0 Å². The van der Waals surface area contributed by atoms with Crippen LogP contribution in [0.3, 0.4) is 0 Å². The molecule has 2 fully saturated rings. The molecule has 4 aliphatic carbocycles. The van der Waals surface area contributed by atoms with E-state index in [0.717, 1.165) is 50.0 Å². The highest BCUT2D eigenvalue weighted by molar-refractivity contribution is 5.93. The van der Waals surface area contributed by atoms with Crippen LogP contribution in [0.5, 0.6) is 11.5 Å². The maximum absolute atomic E-state index is 12.1. The third-order valence-corrected chi connectivity index (χ3v) is 8.65. The van der Waals surface area contributed by atoms with E-state index in [2.05, 4.69) is 19.1 Å². The summed E-state index contributed by atoms with van der Waals surface area (Å²) in [6, 6.07) is 6.41. The third kappa shape index (κ3) is 2.65. The first-order valence-electron chi connectivity index (χ1n) is 11.6. The van der Waals surface area contributed by atoms with Crippen molar-refractivity contribution in [2.45, 2.75) is 63.9 Å². The van der Waals surface area contributed by atoms with Gasteiger partial charge in [0.25, 0.3) is 0 Å². The summed E-state index contributed by atoms with van der Waals surface area (Å²) < 4.78 is 11.7. The summed E-state index contributed by atoms with van der Waals surface area (Å²) in [5.41, 5.74) is 5.52. The summed E-state index contributed by atoms with van der Waals surface area (Å²) in [5.74, 6) is 3.27. The highest BCUT2D eigenvalue weighted by atomic mass is 16.6. The Labute approximate surface area is 178 Å². The number of carbonyl (C=O) groups is 1. The number of hydrogen-bond donors (Lipinski definition) is 1. The molecule has 1 aliphatic heterocycles. The Kier molecular flexibility index (Phi) is 4.18. The van der Waals surface area contributed by atoms with Gasteiger partial charge >= 0.3 is 0 Å². The summed E-state index contributed by atoms with van der Waals surface area (Å²) in [5, 5.41) is 11.0. The van der Waals surface area contributed by atoms with Crippen LogP contribution >= 0.6 is 0 Å². The lowest BCUT2D eigenvalue weighted by Crippen LogP contribution is -2.45. The molecule has 5 aliphatic rings. The van der Waals surface area contributed by atoms with Crippen LogP contribution in [0, 0.1) is 17.3 Å². The lowest BCUT2D eigenvalue weighted by Gasteiger charge is -2.52. The summed E-state index contributed by atoms with van der Waals surface area (Å²) in [6.07, 6.45) is 8.31. The van der Waals surface area contributed by atoms with Gasteiger partial charge in [0, 0.05) is 12.3 Å². The van der Waals surface area contributed by atoms with Gasteiger partial charge < -0.3 is 14.6 Å². The second kappa shape index (κ2) is 6.71. The molecule has 0 amide bonds. The van der Waals surface area contributed by atoms with Crippen molar-refractivity contribution in [3.8, 4) is 11.5 Å². The molecule has 0 aromatic heterocycles. The topological polar surface area (TPSA) is 55.8 Å². The van der Waals surface area contributed by atoms with Crippen LogP contribution in [0.1, 0.15) is 63.4 Å². The van der Waals surface area contributed by atoms with E-state index in [1.165, 1.54) is 16.7 Å². The lowest BCUT2D eigenvalue weighted by molar-refractivity contribution is -0.114. The minimum atomic E-state index is -0.223. The van der Waals surface area contributed by atoms with Gasteiger partial charge in [0.2, 0.25) is 0 Å². The number of aliphatic hydroxyl groups is 1. The first-order chi connectivity index (χ1) is 14.5. The predicted molar refractivity (Wildman–Crippen MR) is 114 cm³/mol. The fourth-order valence-corrected chi connectivity index (χ4v) is 7.21. The Morgan fingerprint density at radius 3 is 2.73 bits per heavy atom. The number of allylic oxidation sites excluding steroid dienone is 4. The minimum absolute atomic E-state index is 0.0433. The van der Waals surface area contributed by atoms with E-state index in [9.17, 15) is 9.90 Å². The maximum atomic E-state index is 12.1. The Bertz CT molecular complexity index is 973. The summed E-state index contributed by atoms with van der Waals surface area (Å²) in [7, 11) is 0. The normalized spacial score (nSPS) is 37.3. The second-order valence-electron chi connectivity index (χ2n) is 10.1. The van der Waals surface area contributed by atoms with Gasteiger partial charge in [-0.15, -0.1) is 0 Å². The summed E-state index contributed by atoms with van der Waals surface area (Å²) in [6.45, 7) is 3.50. The zero-order chi connectivity index (χ0) is 20.5. The van der Waals surface area contributed by atoms with Crippen LogP contribution < -0.4 is 9.47 Å². The van der Waals surface area contributed by atoms with E-state index in [1.807, 2.05) is 12.1 Å². The molecular weight excluding hydrogens is 376 g/mol. The highest BCUT2D eigenvalue weighted by Crippen LogP contribution is 2.64. The number of hydrogen-bond acceptors (Lipinski definition) is 4. The van der Waals surface area contributed by atoms with Crippen molar-refractivity contribution < 1.29 is 19.4 Å². The molecule has 158 valence electrons. The Hall–Kier alpha value is -2.07. The van der Waals surface area contributed by atoms with E-state index in [4.69, 9.17) is 9.47 Å². The average molecular weight is 407 g/mol. The van der Waals surface area contributed by atoms with Gasteiger partial charge in [-0.1, -0.05) is 18.6 Å². The summed E-state index contributed by atoms with van der Waals surface area (Å²) in [4.78, 5) is 12.1. The fraction of sp³-hybridized carbons (Fsp3) is 0.577. The standard InChI is InChI=1S/C26H30O4/c1-26-14-20(16-3-8-22-23(13-16)30-11-10-29-22)25-18-6-4-17(27)12-15(18)2-5-19(25)21(26)7-9-24(26)28/h3,8,12-13,19-21,24,28H,2,4-7,9-11,14H2,1H3. The maximum Gasteiger partial charge on any atom is 0.161 e. The first kappa shape index (κ1) is 18.7. The summed E-state index contributed by atoms with van der Waals surface area (Å²) >= 11 is 0. The van der Waals surface area contributed by atoms with E-state index in [1.54, 1.807) is 5.57 Å². The number of ketones is 1. The van der Waals surface area contributed by atoms with Crippen molar-refractivity contribution in [1.29, 1.82) is 0 Å². The molecule has 4 nitrogen and oxygen atoms in total. The van der Waals surface area contributed by atoms with E-state index >= 15 is 0 Å². The highest BCUT2D eigenvalue weighted by Gasteiger charge is 2.56. The van der Waals surface area contributed by atoms with Crippen LogP contribution in [-0.2, 0) is 4.79 Å². The van der Waals surface area contributed by atoms with Gasteiger partial charge in [-0.2, -0.15) is 0 Å². The van der Waals surface area contributed by atoms with Crippen LogP contribution in [0.15, 0.2) is 41.0 Å². The minimum Gasteiger partial charge on any atom is -0.486 e. The SMILES string of the molecule is CC12CC(c3ccc4c(c3)OCCO4)C3=C4CCC(=O)C=C4CCC3C1CCC2O. The van der Waals surface area contributed by atoms with Crippen molar-refractivity contribution in [3.05, 3.63) is 46.6 Å². The quantitative estimate of drug-likeness (QED) is 0.733. The monoisotopic (exact) mass is 406 g/mol. The van der Waals surface area contributed by atoms with Crippen LogP contribution in [0.2, 0.25) is 0 Å². The van der Waals surface area contributed by atoms with E-state index in [0.29, 0.717) is 31.5 Å². The molecule has 0 bridgehead atoms. The van der Waals surface area contributed by atoms with Crippen molar-refractivity contribution in [1.82, 2.24) is 0 Å². The van der Waals surface area contributed by atoms with Crippen molar-refractivity contribution in [2.24, 2.45) is 17.3 Å². The molecule has 30 heavy (non-hydrogen) atoms. The molecule has 1 aromatic rings. The Morgan fingerprint density at radius 2 is 1.87 bits per heavy atom. The number of ether oxygens (including phenoxy) is 2.